The first kappa shape index (κ1) is 28.5. The van der Waals surface area contributed by atoms with Crippen LogP contribution in [-0.2, 0) is 21.4 Å². The molecule has 1 saturated heterocycles. The van der Waals surface area contributed by atoms with Crippen LogP contribution in [0.25, 0.3) is 11.3 Å². The number of nitrogens with one attached hydrogen (secondary N) is 1. The van der Waals surface area contributed by atoms with E-state index in [0.29, 0.717) is 30.6 Å². The van der Waals surface area contributed by atoms with Crippen LogP contribution in [-0.4, -0.2) is 71.8 Å². The van der Waals surface area contributed by atoms with E-state index in [0.717, 1.165) is 16.7 Å². The van der Waals surface area contributed by atoms with E-state index in [1.165, 1.54) is 12.1 Å². The van der Waals surface area contributed by atoms with Crippen molar-refractivity contribution in [2.45, 2.75) is 69.0 Å². The molecule has 1 N–H and O–H groups in total. The van der Waals surface area contributed by atoms with Crippen molar-refractivity contribution >= 4 is 21.9 Å². The summed E-state index contributed by atoms with van der Waals surface area (Å²) in [6, 6.07) is 13.8. The Morgan fingerprint density at radius 3 is 2.43 bits per heavy atom. The van der Waals surface area contributed by atoms with Gasteiger partial charge < -0.3 is 9.64 Å². The summed E-state index contributed by atoms with van der Waals surface area (Å²) >= 11 is 0. The molecule has 9 nitrogen and oxygen atoms in total. The molecule has 0 radical (unpaired) electrons. The number of aryl methyl sites for hydroxylation is 2. The number of carbonyl (C=O) groups is 1. The molecule has 1 atom stereocenters. The fourth-order valence-electron chi connectivity index (χ4n) is 6.16. The molecule has 2 aromatic carbocycles. The number of fused-ring (bicyclic) bond motifs is 6. The molecule has 3 heterocycles. The lowest BCUT2D eigenvalue weighted by molar-refractivity contribution is -0.132. The summed E-state index contributed by atoms with van der Waals surface area (Å²) in [5.74, 6) is -2.83. The molecule has 1 saturated carbocycles. The van der Waals surface area contributed by atoms with E-state index in [9.17, 15) is 22.0 Å². The van der Waals surface area contributed by atoms with Crippen LogP contribution in [0, 0.1) is 13.8 Å². The monoisotopic (exact) mass is 597 g/mol. The maximum atomic E-state index is 14.0. The van der Waals surface area contributed by atoms with Crippen LogP contribution in [0.1, 0.15) is 42.4 Å². The first-order valence-electron chi connectivity index (χ1n) is 14.1. The second-order valence-electron chi connectivity index (χ2n) is 11.5. The summed E-state index contributed by atoms with van der Waals surface area (Å²) < 4.78 is 63.6. The molecule has 2 aliphatic heterocycles. The van der Waals surface area contributed by atoms with Gasteiger partial charge in [-0.2, -0.15) is 4.98 Å². The van der Waals surface area contributed by atoms with Gasteiger partial charge in [-0.15, -0.1) is 0 Å². The topological polar surface area (TPSA) is 105 Å². The Morgan fingerprint density at radius 1 is 0.976 bits per heavy atom. The average Bonchev–Trinajstić information content (AvgIpc) is 3.06. The number of carbonyl (C=O) groups excluding carboxylic acids is 1. The highest BCUT2D eigenvalue weighted by Crippen LogP contribution is 2.36. The Hall–Kier alpha value is -3.64. The lowest BCUT2D eigenvalue weighted by Gasteiger charge is -2.36. The van der Waals surface area contributed by atoms with Gasteiger partial charge in [0.05, 0.1) is 23.7 Å². The van der Waals surface area contributed by atoms with Gasteiger partial charge in [0.1, 0.15) is 6.10 Å². The standard InChI is InChI=1S/C30H33F2N5O4S/c1-19-5-3-6-20(2)28(19)25-14-26-34-29(33-25)35-42(39,40)24-8-4-7-21(13-24)15-37-17-23(41-26)16-36(18-27(37)38)22-9-11-30(31,32)12-10-22/h3-8,13-14,22-23H,9-12,15-18H2,1-2H3,(H,33,34,35). The van der Waals surface area contributed by atoms with Gasteiger partial charge >= 0.3 is 0 Å². The SMILES string of the molecule is Cc1cccc(C)c1-c1cc2nc(n1)NS(=O)(=O)c1cccc(c1)CN1CC(CN(C3CCC(F)(F)CC3)CC1=O)O2. The highest BCUT2D eigenvalue weighted by atomic mass is 32.2. The van der Waals surface area contributed by atoms with Crippen LogP contribution >= 0.6 is 0 Å². The van der Waals surface area contributed by atoms with Crippen LogP contribution in [0.4, 0.5) is 14.7 Å². The molecular weight excluding hydrogens is 564 g/mol. The average molecular weight is 598 g/mol. The van der Waals surface area contributed by atoms with E-state index in [1.807, 2.05) is 36.9 Å². The molecule has 3 aromatic rings. The second-order valence-corrected chi connectivity index (χ2v) is 13.1. The zero-order valence-electron chi connectivity index (χ0n) is 23.5. The lowest BCUT2D eigenvalue weighted by atomic mass is 9.91. The molecule has 1 aromatic heterocycles. The Morgan fingerprint density at radius 2 is 1.69 bits per heavy atom. The Balaban J connectivity index is 1.44. The number of benzene rings is 2. The van der Waals surface area contributed by atoms with E-state index < -0.39 is 22.0 Å². The quantitative estimate of drug-likeness (QED) is 0.463. The number of nitrogens with zero attached hydrogens (tertiary/aromatic N) is 4. The van der Waals surface area contributed by atoms with Gasteiger partial charge in [0, 0.05) is 43.6 Å². The summed E-state index contributed by atoms with van der Waals surface area (Å²) in [6.07, 6.45) is -0.373. The highest BCUT2D eigenvalue weighted by molar-refractivity contribution is 7.92. The van der Waals surface area contributed by atoms with Crippen LogP contribution in [0.15, 0.2) is 53.4 Å². The molecule has 42 heavy (non-hydrogen) atoms. The van der Waals surface area contributed by atoms with Gasteiger partial charge in [-0.25, -0.2) is 26.9 Å². The number of rotatable bonds is 2. The van der Waals surface area contributed by atoms with Gasteiger partial charge in [-0.3, -0.25) is 9.69 Å². The minimum atomic E-state index is -4.06. The van der Waals surface area contributed by atoms with E-state index in [-0.39, 0.29) is 61.1 Å². The minimum Gasteiger partial charge on any atom is -0.471 e. The molecule has 1 aliphatic carbocycles. The number of hydrogen-bond acceptors (Lipinski definition) is 7. The number of anilines is 1. The Kier molecular flexibility index (Phi) is 7.38. The van der Waals surface area contributed by atoms with Crippen molar-refractivity contribution in [3.8, 4) is 17.1 Å². The number of ether oxygens (including phenoxy) is 1. The number of hydrogen-bond donors (Lipinski definition) is 1. The van der Waals surface area contributed by atoms with Crippen molar-refractivity contribution in [3.05, 3.63) is 65.2 Å². The number of aromatic nitrogens is 2. The molecule has 6 rings (SSSR count). The van der Waals surface area contributed by atoms with Crippen LogP contribution < -0.4 is 9.46 Å². The van der Waals surface area contributed by atoms with E-state index >= 15 is 0 Å². The van der Waals surface area contributed by atoms with Crippen molar-refractivity contribution < 1.29 is 26.7 Å². The molecule has 2 fully saturated rings. The molecule has 3 aliphatic rings. The normalized spacial score (nSPS) is 22.5. The maximum absolute atomic E-state index is 14.0. The molecule has 6 bridgehead atoms. The summed E-state index contributed by atoms with van der Waals surface area (Å²) in [5.41, 5.74) is 3.86. The summed E-state index contributed by atoms with van der Waals surface area (Å²) in [4.78, 5) is 26.1. The van der Waals surface area contributed by atoms with Gasteiger partial charge in [0.2, 0.25) is 23.7 Å². The van der Waals surface area contributed by atoms with Crippen LogP contribution in [0.3, 0.4) is 0 Å². The molecule has 222 valence electrons. The highest BCUT2D eigenvalue weighted by Gasteiger charge is 2.40. The smallest absolute Gasteiger partial charge is 0.264 e. The van der Waals surface area contributed by atoms with Crippen molar-refractivity contribution in [3.63, 3.8) is 0 Å². The van der Waals surface area contributed by atoms with Crippen molar-refractivity contribution in [1.82, 2.24) is 19.8 Å². The lowest BCUT2D eigenvalue weighted by Crippen LogP contribution is -2.46. The number of alkyl halides is 2. The zero-order valence-corrected chi connectivity index (χ0v) is 24.3. The summed E-state index contributed by atoms with van der Waals surface area (Å²) in [5, 5.41) is 0. The van der Waals surface area contributed by atoms with Gasteiger partial charge in [0.15, 0.2) is 0 Å². The fraction of sp³-hybridized carbons (Fsp3) is 0.433. The van der Waals surface area contributed by atoms with E-state index in [2.05, 4.69) is 14.7 Å². The summed E-state index contributed by atoms with van der Waals surface area (Å²) in [6.45, 7) is 4.70. The molecule has 1 unspecified atom stereocenters. The van der Waals surface area contributed by atoms with Gasteiger partial charge in [-0.1, -0.05) is 30.3 Å². The van der Waals surface area contributed by atoms with Crippen molar-refractivity contribution in [2.75, 3.05) is 24.4 Å². The van der Waals surface area contributed by atoms with Gasteiger partial charge in [0.25, 0.3) is 10.0 Å². The molecule has 0 spiro atoms. The molecule has 12 heteroatoms. The van der Waals surface area contributed by atoms with Crippen LogP contribution in [0.2, 0.25) is 0 Å². The number of sulfonamides is 1. The van der Waals surface area contributed by atoms with Crippen molar-refractivity contribution in [1.29, 1.82) is 0 Å². The molecular formula is C30H33F2N5O4S. The Bertz CT molecular complexity index is 1600. The predicted octanol–water partition coefficient (Wildman–Crippen LogP) is 4.54. The largest absolute Gasteiger partial charge is 0.471 e. The van der Waals surface area contributed by atoms with Crippen LogP contribution in [0.5, 0.6) is 5.88 Å². The van der Waals surface area contributed by atoms with Gasteiger partial charge in [-0.05, 0) is 55.5 Å². The Labute approximate surface area is 244 Å². The van der Waals surface area contributed by atoms with E-state index in [4.69, 9.17) is 4.74 Å². The van der Waals surface area contributed by atoms with E-state index in [1.54, 1.807) is 23.1 Å². The fourth-order valence-corrected chi connectivity index (χ4v) is 7.17. The maximum Gasteiger partial charge on any atom is 0.264 e. The third-order valence-corrected chi connectivity index (χ3v) is 9.62. The third kappa shape index (κ3) is 5.96. The molecule has 1 amide bonds. The second kappa shape index (κ2) is 10.9. The number of halogens is 2. The minimum absolute atomic E-state index is 0.0198. The first-order valence-corrected chi connectivity index (χ1v) is 15.6. The number of amides is 1. The van der Waals surface area contributed by atoms with Crippen molar-refractivity contribution in [2.24, 2.45) is 0 Å². The first-order chi connectivity index (χ1) is 20.0. The predicted molar refractivity (Wildman–Crippen MR) is 153 cm³/mol. The summed E-state index contributed by atoms with van der Waals surface area (Å²) in [7, 11) is -4.06. The third-order valence-electron chi connectivity index (χ3n) is 8.29. The zero-order chi connectivity index (χ0) is 29.6.